The third-order valence-corrected chi connectivity index (χ3v) is 2.70. The van der Waals surface area contributed by atoms with Crippen LogP contribution in [0, 0.1) is 3.57 Å². The Labute approximate surface area is 108 Å². The zero-order valence-corrected chi connectivity index (χ0v) is 11.1. The van der Waals surface area contributed by atoms with Crippen LogP contribution >= 0.6 is 22.6 Å². The van der Waals surface area contributed by atoms with Gasteiger partial charge in [-0.3, -0.25) is 0 Å². The van der Waals surface area contributed by atoms with Gasteiger partial charge in [0, 0.05) is 9.14 Å². The molecule has 0 aliphatic heterocycles. The van der Waals surface area contributed by atoms with Crippen LogP contribution in [-0.2, 0) is 4.79 Å². The van der Waals surface area contributed by atoms with Crippen molar-refractivity contribution in [2.24, 2.45) is 0 Å². The lowest BCUT2D eigenvalue weighted by Crippen LogP contribution is -2.02. The van der Waals surface area contributed by atoms with E-state index < -0.39 is 5.97 Å². The molecule has 0 heterocycles. The van der Waals surface area contributed by atoms with Gasteiger partial charge >= 0.3 is 5.97 Å². The summed E-state index contributed by atoms with van der Waals surface area (Å²) >= 11 is 2.20. The second kappa shape index (κ2) is 6.52. The molecule has 0 radical (unpaired) electrons. The first-order valence-corrected chi connectivity index (χ1v) is 6.02. The molecule has 0 spiro atoms. The largest absolute Gasteiger partial charge is 0.489 e. The number of aliphatic carboxylic acids is 1. The first kappa shape index (κ1) is 13.0. The lowest BCUT2D eigenvalue weighted by atomic mass is 10.2. The second-order valence-electron chi connectivity index (χ2n) is 3.16. The summed E-state index contributed by atoms with van der Waals surface area (Å²) in [4.78, 5) is 10.7. The van der Waals surface area contributed by atoms with E-state index in [0.29, 0.717) is 12.0 Å². The summed E-state index contributed by atoms with van der Waals surface area (Å²) in [6.45, 7) is 2.10. The van der Waals surface area contributed by atoms with Crippen LogP contribution < -0.4 is 4.74 Å². The van der Waals surface area contributed by atoms with Crippen molar-refractivity contribution in [3.8, 4) is 5.75 Å². The molecule has 4 heteroatoms. The monoisotopic (exact) mass is 332 g/mol. The van der Waals surface area contributed by atoms with Crippen molar-refractivity contribution in [3.63, 3.8) is 0 Å². The van der Waals surface area contributed by atoms with Crippen molar-refractivity contribution in [1.82, 2.24) is 0 Å². The molecule has 1 aromatic carbocycles. The van der Waals surface area contributed by atoms with Gasteiger partial charge in [0.1, 0.15) is 12.4 Å². The number of halogens is 1. The van der Waals surface area contributed by atoms with Crippen molar-refractivity contribution in [3.05, 3.63) is 39.5 Å². The number of benzene rings is 1. The Morgan fingerprint density at radius 1 is 1.56 bits per heavy atom. The molecule has 0 aliphatic rings. The van der Waals surface area contributed by atoms with Gasteiger partial charge in [-0.1, -0.05) is 13.0 Å². The molecular weight excluding hydrogens is 319 g/mol. The molecule has 1 aromatic rings. The molecule has 0 saturated carbocycles. The highest BCUT2D eigenvalue weighted by Crippen LogP contribution is 2.14. The molecule has 0 atom stereocenters. The maximum Gasteiger partial charge on any atom is 0.331 e. The Kier molecular flexibility index (Phi) is 5.31. The van der Waals surface area contributed by atoms with E-state index in [1.54, 1.807) is 6.08 Å². The van der Waals surface area contributed by atoms with Gasteiger partial charge < -0.3 is 9.84 Å². The van der Waals surface area contributed by atoms with Crippen LogP contribution in [-0.4, -0.2) is 17.7 Å². The zero-order valence-electron chi connectivity index (χ0n) is 8.94. The average Bonchev–Trinajstić information content (AvgIpc) is 2.24. The summed E-state index contributed by atoms with van der Waals surface area (Å²) in [5, 5.41) is 8.79. The van der Waals surface area contributed by atoms with Crippen LogP contribution in [0.5, 0.6) is 5.75 Å². The molecular formula is C12H13IO3. The van der Waals surface area contributed by atoms with E-state index in [-0.39, 0.29) is 6.61 Å². The van der Waals surface area contributed by atoms with Crippen LogP contribution in [0.25, 0.3) is 0 Å². The van der Waals surface area contributed by atoms with E-state index >= 15 is 0 Å². The number of carbonyl (C=O) groups is 1. The topological polar surface area (TPSA) is 46.5 Å². The minimum atomic E-state index is -0.881. The van der Waals surface area contributed by atoms with Gasteiger partial charge in [-0.25, -0.2) is 4.79 Å². The van der Waals surface area contributed by atoms with Crippen molar-refractivity contribution >= 4 is 28.6 Å². The Morgan fingerprint density at radius 3 is 2.88 bits per heavy atom. The molecule has 0 fully saturated rings. The van der Waals surface area contributed by atoms with E-state index in [1.807, 2.05) is 31.2 Å². The van der Waals surface area contributed by atoms with Crippen molar-refractivity contribution in [2.75, 3.05) is 6.61 Å². The van der Waals surface area contributed by atoms with E-state index in [4.69, 9.17) is 9.84 Å². The highest BCUT2D eigenvalue weighted by molar-refractivity contribution is 14.1. The van der Waals surface area contributed by atoms with Gasteiger partial charge in [-0.2, -0.15) is 0 Å². The van der Waals surface area contributed by atoms with Crippen LogP contribution in [0.3, 0.4) is 0 Å². The minimum absolute atomic E-state index is 0.287. The molecule has 1 rings (SSSR count). The number of hydrogen-bond donors (Lipinski definition) is 1. The van der Waals surface area contributed by atoms with Crippen molar-refractivity contribution in [2.45, 2.75) is 13.3 Å². The lowest BCUT2D eigenvalue weighted by molar-refractivity contribution is -0.132. The second-order valence-corrected chi connectivity index (χ2v) is 4.40. The Morgan fingerprint density at radius 2 is 2.31 bits per heavy atom. The zero-order chi connectivity index (χ0) is 12.0. The smallest absolute Gasteiger partial charge is 0.331 e. The standard InChI is InChI=1S/C12H13IO3/c1-2-9(12(14)15)6-7-16-11-5-3-4-10(13)8-11/h3-6,8H,2,7H2,1H3,(H,14,15). The fourth-order valence-electron chi connectivity index (χ4n) is 1.18. The van der Waals surface area contributed by atoms with E-state index in [0.717, 1.165) is 9.32 Å². The lowest BCUT2D eigenvalue weighted by Gasteiger charge is -2.04. The molecule has 0 amide bonds. The molecule has 1 N–H and O–H groups in total. The third kappa shape index (κ3) is 4.22. The quantitative estimate of drug-likeness (QED) is 0.666. The minimum Gasteiger partial charge on any atom is -0.489 e. The van der Waals surface area contributed by atoms with Crippen LogP contribution in [0.15, 0.2) is 35.9 Å². The predicted molar refractivity (Wildman–Crippen MR) is 70.7 cm³/mol. The number of ether oxygens (including phenoxy) is 1. The number of rotatable bonds is 5. The van der Waals surface area contributed by atoms with Crippen molar-refractivity contribution < 1.29 is 14.6 Å². The van der Waals surface area contributed by atoms with Gasteiger partial charge in [0.15, 0.2) is 0 Å². The van der Waals surface area contributed by atoms with Gasteiger partial charge in [0.05, 0.1) is 0 Å². The van der Waals surface area contributed by atoms with Gasteiger partial charge in [-0.05, 0) is 53.3 Å². The molecule has 3 nitrogen and oxygen atoms in total. The highest BCUT2D eigenvalue weighted by atomic mass is 127. The van der Waals surface area contributed by atoms with Gasteiger partial charge in [0.2, 0.25) is 0 Å². The summed E-state index contributed by atoms with van der Waals surface area (Å²) in [6, 6.07) is 7.62. The predicted octanol–water partition coefficient (Wildman–Crippen LogP) is 3.09. The summed E-state index contributed by atoms with van der Waals surface area (Å²) in [6.07, 6.45) is 2.10. The molecule has 0 aromatic heterocycles. The highest BCUT2D eigenvalue weighted by Gasteiger charge is 2.03. The fraction of sp³-hybridized carbons (Fsp3) is 0.250. The molecule has 86 valence electrons. The maximum atomic E-state index is 10.7. The normalized spacial score (nSPS) is 11.2. The van der Waals surface area contributed by atoms with Gasteiger partial charge in [0.25, 0.3) is 0 Å². The maximum absolute atomic E-state index is 10.7. The van der Waals surface area contributed by atoms with E-state index in [1.165, 1.54) is 0 Å². The van der Waals surface area contributed by atoms with E-state index in [9.17, 15) is 4.79 Å². The summed E-state index contributed by atoms with van der Waals surface area (Å²) < 4.78 is 6.52. The molecule has 0 aliphatic carbocycles. The van der Waals surface area contributed by atoms with Crippen LogP contribution in [0.4, 0.5) is 0 Å². The molecule has 0 unspecified atom stereocenters. The SMILES string of the molecule is CCC(=CCOc1cccc(I)c1)C(=O)O. The third-order valence-electron chi connectivity index (χ3n) is 2.03. The summed E-state index contributed by atoms with van der Waals surface area (Å²) in [7, 11) is 0. The number of hydrogen-bond acceptors (Lipinski definition) is 2. The Hall–Kier alpha value is -1.04. The first-order valence-electron chi connectivity index (χ1n) is 4.94. The Balaban J connectivity index is 2.55. The van der Waals surface area contributed by atoms with Crippen molar-refractivity contribution in [1.29, 1.82) is 0 Å². The average molecular weight is 332 g/mol. The first-order chi connectivity index (χ1) is 7.63. The summed E-state index contributed by atoms with van der Waals surface area (Å²) in [5.74, 6) is -0.127. The number of carboxylic acids is 1. The fourth-order valence-corrected chi connectivity index (χ4v) is 1.69. The van der Waals surface area contributed by atoms with Gasteiger partial charge in [-0.15, -0.1) is 0 Å². The molecule has 16 heavy (non-hydrogen) atoms. The Bertz CT molecular complexity index is 399. The molecule has 0 bridgehead atoms. The van der Waals surface area contributed by atoms with Crippen LogP contribution in [0.2, 0.25) is 0 Å². The van der Waals surface area contributed by atoms with E-state index in [2.05, 4.69) is 22.6 Å². The number of carboxylic acid groups (broad SMARTS) is 1. The molecule has 0 saturated heterocycles. The van der Waals surface area contributed by atoms with Crippen LogP contribution in [0.1, 0.15) is 13.3 Å². The summed E-state index contributed by atoms with van der Waals surface area (Å²) in [5.41, 5.74) is 0.380.